The fraction of sp³-hybridized carbons (Fsp3) is 0.786. The monoisotopic (exact) mass is 240 g/mol. The van der Waals surface area contributed by atoms with E-state index in [1.165, 1.54) is 0 Å². The van der Waals surface area contributed by atoms with Gasteiger partial charge in [-0.3, -0.25) is 4.79 Å². The molecule has 1 aliphatic carbocycles. The number of methoxy groups -OCH3 is 2. The van der Waals surface area contributed by atoms with Crippen LogP contribution in [0.25, 0.3) is 0 Å². The van der Waals surface area contributed by atoms with E-state index in [2.05, 4.69) is 20.4 Å². The standard InChI is InChI=1S/C14H24O3/c1-6-10-11(9(2)3)7-8-12(15)13(10)14(16-4)17-5/h6,9-11,13-14H,1,7-8H2,2-5H3/t10-,11-,13+/m1/s1. The van der Waals surface area contributed by atoms with Crippen LogP contribution in [0.4, 0.5) is 0 Å². The molecule has 0 unspecified atom stereocenters. The van der Waals surface area contributed by atoms with E-state index < -0.39 is 6.29 Å². The van der Waals surface area contributed by atoms with Crippen molar-refractivity contribution in [1.82, 2.24) is 0 Å². The highest BCUT2D eigenvalue weighted by Crippen LogP contribution is 2.40. The first kappa shape index (κ1) is 14.4. The quantitative estimate of drug-likeness (QED) is 0.547. The number of carbonyl (C=O) groups is 1. The third-order valence-electron chi connectivity index (χ3n) is 3.89. The van der Waals surface area contributed by atoms with E-state index in [4.69, 9.17) is 9.47 Å². The first-order chi connectivity index (χ1) is 8.06. The van der Waals surface area contributed by atoms with Crippen molar-refractivity contribution in [3.8, 4) is 0 Å². The van der Waals surface area contributed by atoms with Crippen LogP contribution in [0.2, 0.25) is 0 Å². The van der Waals surface area contributed by atoms with Gasteiger partial charge in [-0.1, -0.05) is 19.9 Å². The maximum atomic E-state index is 12.1. The Morgan fingerprint density at radius 1 is 1.35 bits per heavy atom. The summed E-state index contributed by atoms with van der Waals surface area (Å²) in [6, 6.07) is 0. The van der Waals surface area contributed by atoms with Crippen molar-refractivity contribution in [2.45, 2.75) is 33.0 Å². The van der Waals surface area contributed by atoms with Crippen LogP contribution in [-0.2, 0) is 14.3 Å². The largest absolute Gasteiger partial charge is 0.355 e. The molecule has 3 nitrogen and oxygen atoms in total. The van der Waals surface area contributed by atoms with Gasteiger partial charge in [-0.2, -0.15) is 0 Å². The third kappa shape index (κ3) is 2.96. The lowest BCUT2D eigenvalue weighted by atomic mass is 9.67. The molecule has 1 rings (SSSR count). The van der Waals surface area contributed by atoms with Crippen LogP contribution in [0.5, 0.6) is 0 Å². The summed E-state index contributed by atoms with van der Waals surface area (Å²) in [5.74, 6) is 1.22. The molecule has 0 spiro atoms. The predicted molar refractivity (Wildman–Crippen MR) is 67.6 cm³/mol. The van der Waals surface area contributed by atoms with E-state index in [-0.39, 0.29) is 17.6 Å². The number of hydrogen-bond donors (Lipinski definition) is 0. The van der Waals surface area contributed by atoms with Crippen LogP contribution in [0.15, 0.2) is 12.7 Å². The normalized spacial score (nSPS) is 30.0. The molecule has 0 aromatic rings. The van der Waals surface area contributed by atoms with Gasteiger partial charge >= 0.3 is 0 Å². The number of hydrogen-bond acceptors (Lipinski definition) is 3. The average molecular weight is 240 g/mol. The fourth-order valence-electron chi connectivity index (χ4n) is 2.97. The van der Waals surface area contributed by atoms with Crippen molar-refractivity contribution >= 4 is 5.78 Å². The summed E-state index contributed by atoms with van der Waals surface area (Å²) in [6.07, 6.45) is 3.02. The van der Waals surface area contributed by atoms with E-state index in [9.17, 15) is 4.79 Å². The van der Waals surface area contributed by atoms with Crippen LogP contribution in [0.1, 0.15) is 26.7 Å². The molecule has 0 aromatic carbocycles. The zero-order valence-corrected chi connectivity index (χ0v) is 11.3. The number of rotatable bonds is 5. The van der Waals surface area contributed by atoms with E-state index in [0.717, 1.165) is 6.42 Å². The number of ketones is 1. The Labute approximate surface area is 104 Å². The molecule has 0 bridgehead atoms. The topological polar surface area (TPSA) is 35.5 Å². The maximum absolute atomic E-state index is 12.1. The highest BCUT2D eigenvalue weighted by Gasteiger charge is 2.42. The van der Waals surface area contributed by atoms with Gasteiger partial charge in [0.2, 0.25) is 0 Å². The predicted octanol–water partition coefficient (Wildman–Crippen LogP) is 2.66. The van der Waals surface area contributed by atoms with Crippen molar-refractivity contribution in [2.75, 3.05) is 14.2 Å². The molecule has 3 heteroatoms. The summed E-state index contributed by atoms with van der Waals surface area (Å²) in [5, 5.41) is 0. The summed E-state index contributed by atoms with van der Waals surface area (Å²) in [7, 11) is 3.17. The molecule has 0 aromatic heterocycles. The first-order valence-corrected chi connectivity index (χ1v) is 6.27. The second-order valence-electron chi connectivity index (χ2n) is 5.09. The molecule has 0 radical (unpaired) electrons. The zero-order chi connectivity index (χ0) is 13.0. The highest BCUT2D eigenvalue weighted by atomic mass is 16.7. The summed E-state index contributed by atoms with van der Waals surface area (Å²) >= 11 is 0. The third-order valence-corrected chi connectivity index (χ3v) is 3.89. The van der Waals surface area contributed by atoms with Crippen LogP contribution in [-0.4, -0.2) is 26.3 Å². The smallest absolute Gasteiger partial charge is 0.167 e. The summed E-state index contributed by atoms with van der Waals surface area (Å²) in [4.78, 5) is 12.1. The van der Waals surface area contributed by atoms with E-state index in [1.54, 1.807) is 14.2 Å². The van der Waals surface area contributed by atoms with Crippen molar-refractivity contribution in [2.24, 2.45) is 23.7 Å². The lowest BCUT2D eigenvalue weighted by Crippen LogP contribution is -2.44. The van der Waals surface area contributed by atoms with Gasteiger partial charge in [0.05, 0.1) is 5.92 Å². The van der Waals surface area contributed by atoms with Crippen LogP contribution in [0.3, 0.4) is 0 Å². The van der Waals surface area contributed by atoms with Gasteiger partial charge in [0.15, 0.2) is 6.29 Å². The Hall–Kier alpha value is -0.670. The Morgan fingerprint density at radius 3 is 2.35 bits per heavy atom. The molecule has 0 N–H and O–H groups in total. The van der Waals surface area contributed by atoms with Gasteiger partial charge < -0.3 is 9.47 Å². The van der Waals surface area contributed by atoms with Gasteiger partial charge in [0.25, 0.3) is 0 Å². The molecule has 1 aliphatic rings. The minimum atomic E-state index is -0.452. The number of allylic oxidation sites excluding steroid dienone is 1. The van der Waals surface area contributed by atoms with Crippen molar-refractivity contribution < 1.29 is 14.3 Å². The van der Waals surface area contributed by atoms with Crippen molar-refractivity contribution in [3.63, 3.8) is 0 Å². The second kappa shape index (κ2) is 6.31. The van der Waals surface area contributed by atoms with E-state index in [0.29, 0.717) is 18.3 Å². The Balaban J connectivity index is 2.95. The molecule has 0 aliphatic heterocycles. The molecule has 0 heterocycles. The van der Waals surface area contributed by atoms with Crippen LogP contribution in [0, 0.1) is 23.7 Å². The zero-order valence-electron chi connectivity index (χ0n) is 11.3. The molecule has 0 saturated heterocycles. The van der Waals surface area contributed by atoms with Gasteiger partial charge in [0.1, 0.15) is 5.78 Å². The molecule has 1 saturated carbocycles. The lowest BCUT2D eigenvalue weighted by molar-refractivity contribution is -0.170. The molecule has 0 amide bonds. The summed E-state index contributed by atoms with van der Waals surface area (Å²) < 4.78 is 10.6. The number of Topliss-reactive ketones (excluding diaryl/α,β-unsaturated/α-hetero) is 1. The molecule has 3 atom stereocenters. The van der Waals surface area contributed by atoms with Crippen molar-refractivity contribution in [1.29, 1.82) is 0 Å². The SMILES string of the molecule is C=C[C@@H]1[C@@H](C(C)C)CCC(=O)[C@H]1C(OC)OC. The Morgan fingerprint density at radius 2 is 1.94 bits per heavy atom. The summed E-state index contributed by atoms with van der Waals surface area (Å²) in [5.41, 5.74) is 0. The second-order valence-corrected chi connectivity index (χ2v) is 5.09. The molecular weight excluding hydrogens is 216 g/mol. The molecular formula is C14H24O3. The molecule has 1 fully saturated rings. The van der Waals surface area contributed by atoms with Crippen molar-refractivity contribution in [3.05, 3.63) is 12.7 Å². The van der Waals surface area contributed by atoms with Crippen LogP contribution >= 0.6 is 0 Å². The van der Waals surface area contributed by atoms with E-state index >= 15 is 0 Å². The lowest BCUT2D eigenvalue weighted by Gasteiger charge is -2.40. The maximum Gasteiger partial charge on any atom is 0.167 e. The number of ether oxygens (including phenoxy) is 2. The molecule has 98 valence electrons. The fourth-order valence-corrected chi connectivity index (χ4v) is 2.97. The van der Waals surface area contributed by atoms with Gasteiger partial charge in [-0.05, 0) is 24.2 Å². The highest BCUT2D eigenvalue weighted by molar-refractivity contribution is 5.82. The first-order valence-electron chi connectivity index (χ1n) is 6.27. The average Bonchev–Trinajstić information content (AvgIpc) is 2.31. The van der Waals surface area contributed by atoms with E-state index in [1.807, 2.05) is 6.08 Å². The number of carbonyl (C=O) groups excluding carboxylic acids is 1. The molecule has 17 heavy (non-hydrogen) atoms. The Bertz CT molecular complexity index is 269. The van der Waals surface area contributed by atoms with Gasteiger partial charge in [-0.25, -0.2) is 0 Å². The minimum Gasteiger partial charge on any atom is -0.355 e. The minimum absolute atomic E-state index is 0.154. The van der Waals surface area contributed by atoms with Gasteiger partial charge in [0, 0.05) is 20.6 Å². The van der Waals surface area contributed by atoms with Gasteiger partial charge in [-0.15, -0.1) is 6.58 Å². The van der Waals surface area contributed by atoms with Crippen LogP contribution < -0.4 is 0 Å². The summed E-state index contributed by atoms with van der Waals surface area (Å²) in [6.45, 7) is 8.28. The Kier molecular flexibility index (Phi) is 5.34.